The Bertz CT molecular complexity index is 535. The van der Waals surface area contributed by atoms with Crippen LogP contribution in [0.15, 0.2) is 30.6 Å². The SMILES string of the molecule is CN1CCNCCC1c1ncnc2ccccc12. The molecule has 1 aromatic carbocycles. The summed E-state index contributed by atoms with van der Waals surface area (Å²) in [5, 5.41) is 4.62. The topological polar surface area (TPSA) is 41.0 Å². The van der Waals surface area contributed by atoms with Crippen molar-refractivity contribution < 1.29 is 0 Å². The Morgan fingerprint density at radius 2 is 2.11 bits per heavy atom. The number of rotatable bonds is 1. The molecule has 3 rings (SSSR count). The van der Waals surface area contributed by atoms with Gasteiger partial charge in [0, 0.05) is 18.5 Å². The van der Waals surface area contributed by atoms with Crippen LogP contribution in [0.4, 0.5) is 0 Å². The number of para-hydroxylation sites is 1. The third-order valence-electron chi connectivity index (χ3n) is 3.66. The lowest BCUT2D eigenvalue weighted by Gasteiger charge is -2.25. The highest BCUT2D eigenvalue weighted by atomic mass is 15.2. The Hall–Kier alpha value is -1.52. The van der Waals surface area contributed by atoms with Gasteiger partial charge >= 0.3 is 0 Å². The Labute approximate surface area is 107 Å². The van der Waals surface area contributed by atoms with Crippen molar-refractivity contribution in [2.45, 2.75) is 12.5 Å². The molecule has 0 saturated carbocycles. The first kappa shape index (κ1) is 11.6. The molecule has 18 heavy (non-hydrogen) atoms. The van der Waals surface area contributed by atoms with Crippen molar-refractivity contribution in [3.05, 3.63) is 36.3 Å². The summed E-state index contributed by atoms with van der Waals surface area (Å²) in [6, 6.07) is 8.64. The van der Waals surface area contributed by atoms with Crippen LogP contribution in [0, 0.1) is 0 Å². The van der Waals surface area contributed by atoms with Crippen LogP contribution in [0.5, 0.6) is 0 Å². The van der Waals surface area contributed by atoms with E-state index in [9.17, 15) is 0 Å². The van der Waals surface area contributed by atoms with Gasteiger partial charge in [-0.05, 0) is 26.1 Å². The lowest BCUT2D eigenvalue weighted by atomic mass is 10.0. The second kappa shape index (κ2) is 5.00. The molecule has 1 saturated heterocycles. The summed E-state index contributed by atoms with van der Waals surface area (Å²) in [6.45, 7) is 3.16. The van der Waals surface area contributed by atoms with Crippen LogP contribution in [0.25, 0.3) is 10.9 Å². The Morgan fingerprint density at radius 3 is 3.06 bits per heavy atom. The van der Waals surface area contributed by atoms with Crippen LogP contribution in [0.2, 0.25) is 0 Å². The number of benzene rings is 1. The average molecular weight is 242 g/mol. The summed E-state index contributed by atoms with van der Waals surface area (Å²) in [5.74, 6) is 0. The van der Waals surface area contributed by atoms with E-state index in [0.29, 0.717) is 6.04 Å². The van der Waals surface area contributed by atoms with Gasteiger partial charge in [-0.15, -0.1) is 0 Å². The fourth-order valence-electron chi connectivity index (χ4n) is 2.63. The Kier molecular flexibility index (Phi) is 3.21. The molecule has 1 aliphatic rings. The van der Waals surface area contributed by atoms with Gasteiger partial charge in [0.1, 0.15) is 6.33 Å². The molecule has 0 amide bonds. The minimum absolute atomic E-state index is 0.382. The van der Waals surface area contributed by atoms with Gasteiger partial charge in [-0.25, -0.2) is 9.97 Å². The van der Waals surface area contributed by atoms with Gasteiger partial charge in [-0.3, -0.25) is 4.90 Å². The first-order chi connectivity index (χ1) is 8.86. The molecule has 1 fully saturated rings. The maximum atomic E-state index is 4.54. The van der Waals surface area contributed by atoms with Crippen molar-refractivity contribution in [3.63, 3.8) is 0 Å². The molecule has 1 unspecified atom stereocenters. The van der Waals surface area contributed by atoms with Crippen LogP contribution in [-0.2, 0) is 0 Å². The molecule has 94 valence electrons. The van der Waals surface area contributed by atoms with E-state index in [4.69, 9.17) is 0 Å². The third kappa shape index (κ3) is 2.09. The molecule has 0 bridgehead atoms. The smallest absolute Gasteiger partial charge is 0.116 e. The van der Waals surface area contributed by atoms with Gasteiger partial charge in [0.05, 0.1) is 17.3 Å². The summed E-state index contributed by atoms with van der Waals surface area (Å²) in [7, 11) is 2.18. The molecule has 4 nitrogen and oxygen atoms in total. The maximum Gasteiger partial charge on any atom is 0.116 e. The van der Waals surface area contributed by atoms with Crippen LogP contribution < -0.4 is 5.32 Å². The van der Waals surface area contributed by atoms with E-state index in [2.05, 4.69) is 45.4 Å². The van der Waals surface area contributed by atoms with Crippen molar-refractivity contribution >= 4 is 10.9 Å². The third-order valence-corrected chi connectivity index (χ3v) is 3.66. The highest BCUT2D eigenvalue weighted by molar-refractivity contribution is 5.80. The minimum Gasteiger partial charge on any atom is -0.315 e. The highest BCUT2D eigenvalue weighted by Crippen LogP contribution is 2.27. The number of hydrogen-bond acceptors (Lipinski definition) is 4. The predicted octanol–water partition coefficient (Wildman–Crippen LogP) is 1.60. The molecular formula is C14H18N4. The van der Waals surface area contributed by atoms with Gasteiger partial charge in [0.25, 0.3) is 0 Å². The van der Waals surface area contributed by atoms with Gasteiger partial charge in [-0.2, -0.15) is 0 Å². The van der Waals surface area contributed by atoms with E-state index in [0.717, 1.165) is 37.3 Å². The first-order valence-corrected chi connectivity index (χ1v) is 6.47. The summed E-state index contributed by atoms with van der Waals surface area (Å²) in [5.41, 5.74) is 2.19. The fourth-order valence-corrected chi connectivity index (χ4v) is 2.63. The van der Waals surface area contributed by atoms with E-state index >= 15 is 0 Å². The van der Waals surface area contributed by atoms with E-state index in [-0.39, 0.29) is 0 Å². The van der Waals surface area contributed by atoms with Crippen molar-refractivity contribution in [1.82, 2.24) is 20.2 Å². The average Bonchev–Trinajstić information content (AvgIpc) is 2.63. The number of nitrogens with one attached hydrogen (secondary N) is 1. The predicted molar refractivity (Wildman–Crippen MR) is 72.4 cm³/mol. The molecule has 4 heteroatoms. The molecule has 2 aromatic rings. The van der Waals surface area contributed by atoms with Crippen LogP contribution in [0.3, 0.4) is 0 Å². The standard InChI is InChI=1S/C14H18N4/c1-18-9-8-15-7-6-13(18)14-11-4-2-3-5-12(11)16-10-17-14/h2-5,10,13,15H,6-9H2,1H3. The molecule has 1 aliphatic heterocycles. The zero-order valence-electron chi connectivity index (χ0n) is 10.6. The van der Waals surface area contributed by atoms with E-state index in [1.807, 2.05) is 6.07 Å². The van der Waals surface area contributed by atoms with Gasteiger partial charge in [0.2, 0.25) is 0 Å². The number of fused-ring (bicyclic) bond motifs is 1. The van der Waals surface area contributed by atoms with Crippen molar-refractivity contribution in [2.75, 3.05) is 26.7 Å². The van der Waals surface area contributed by atoms with Gasteiger partial charge in [0.15, 0.2) is 0 Å². The zero-order valence-corrected chi connectivity index (χ0v) is 10.6. The van der Waals surface area contributed by atoms with Crippen molar-refractivity contribution in [1.29, 1.82) is 0 Å². The quantitative estimate of drug-likeness (QED) is 0.824. The fraction of sp³-hybridized carbons (Fsp3) is 0.429. The van der Waals surface area contributed by atoms with Gasteiger partial charge in [-0.1, -0.05) is 18.2 Å². The Morgan fingerprint density at radius 1 is 1.22 bits per heavy atom. The van der Waals surface area contributed by atoms with Crippen LogP contribution in [-0.4, -0.2) is 41.5 Å². The lowest BCUT2D eigenvalue weighted by molar-refractivity contribution is 0.255. The van der Waals surface area contributed by atoms with Crippen molar-refractivity contribution in [3.8, 4) is 0 Å². The molecule has 0 radical (unpaired) electrons. The first-order valence-electron chi connectivity index (χ1n) is 6.47. The second-order valence-electron chi connectivity index (χ2n) is 4.81. The molecule has 1 aromatic heterocycles. The van der Waals surface area contributed by atoms with E-state index in [1.165, 1.54) is 5.39 Å². The Balaban J connectivity index is 2.07. The minimum atomic E-state index is 0.382. The monoisotopic (exact) mass is 242 g/mol. The van der Waals surface area contributed by atoms with E-state index in [1.54, 1.807) is 6.33 Å². The van der Waals surface area contributed by atoms with Crippen LogP contribution in [0.1, 0.15) is 18.2 Å². The van der Waals surface area contributed by atoms with Crippen LogP contribution >= 0.6 is 0 Å². The summed E-state index contributed by atoms with van der Waals surface area (Å²) < 4.78 is 0. The van der Waals surface area contributed by atoms with Gasteiger partial charge < -0.3 is 5.32 Å². The lowest BCUT2D eigenvalue weighted by Crippen LogP contribution is -2.27. The number of hydrogen-bond donors (Lipinski definition) is 1. The normalized spacial score (nSPS) is 21.9. The molecular weight excluding hydrogens is 224 g/mol. The number of aromatic nitrogens is 2. The molecule has 1 atom stereocenters. The summed E-state index contributed by atoms with van der Waals surface area (Å²) in [4.78, 5) is 11.3. The molecule has 0 aliphatic carbocycles. The molecule has 0 spiro atoms. The largest absolute Gasteiger partial charge is 0.315 e. The summed E-state index contributed by atoms with van der Waals surface area (Å²) in [6.07, 6.45) is 2.78. The number of likely N-dealkylation sites (N-methyl/N-ethyl adjacent to an activating group) is 1. The highest BCUT2D eigenvalue weighted by Gasteiger charge is 2.22. The molecule has 2 heterocycles. The molecule has 1 N–H and O–H groups in total. The van der Waals surface area contributed by atoms with Crippen molar-refractivity contribution in [2.24, 2.45) is 0 Å². The zero-order chi connectivity index (χ0) is 12.4. The summed E-state index contributed by atoms with van der Waals surface area (Å²) >= 11 is 0. The number of nitrogens with zero attached hydrogens (tertiary/aromatic N) is 3. The van der Waals surface area contributed by atoms with E-state index < -0.39 is 0 Å². The second-order valence-corrected chi connectivity index (χ2v) is 4.81. The maximum absolute atomic E-state index is 4.54.